The van der Waals surface area contributed by atoms with Crippen molar-refractivity contribution in [2.24, 2.45) is 7.05 Å². The highest BCUT2D eigenvalue weighted by Crippen LogP contribution is 2.50. The van der Waals surface area contributed by atoms with Gasteiger partial charge in [0.25, 0.3) is 5.91 Å². The van der Waals surface area contributed by atoms with Crippen LogP contribution in [0, 0.1) is 12.7 Å². The van der Waals surface area contributed by atoms with Crippen molar-refractivity contribution in [1.82, 2.24) is 24.8 Å². The monoisotopic (exact) mass is 445 g/mol. The Bertz CT molecular complexity index is 1280. The van der Waals surface area contributed by atoms with Gasteiger partial charge in [-0.15, -0.1) is 0 Å². The van der Waals surface area contributed by atoms with Crippen molar-refractivity contribution in [3.63, 3.8) is 0 Å². The normalized spacial score (nSPS) is 21.4. The lowest BCUT2D eigenvalue weighted by Gasteiger charge is -2.48. The molecule has 2 saturated heterocycles. The van der Waals surface area contributed by atoms with Gasteiger partial charge in [-0.2, -0.15) is 10.1 Å². The van der Waals surface area contributed by atoms with Crippen molar-refractivity contribution >= 4 is 15.7 Å². The Morgan fingerprint density at radius 2 is 1.97 bits per heavy atom. The summed E-state index contributed by atoms with van der Waals surface area (Å²) in [6.07, 6.45) is 0.347. The lowest BCUT2D eigenvalue weighted by molar-refractivity contribution is 0.0493. The molecule has 31 heavy (non-hydrogen) atoms. The molecule has 4 heterocycles. The lowest BCUT2D eigenvalue weighted by Crippen LogP contribution is -2.67. The summed E-state index contributed by atoms with van der Waals surface area (Å²) in [4.78, 5) is 18.8. The van der Waals surface area contributed by atoms with E-state index >= 15 is 0 Å². The van der Waals surface area contributed by atoms with Crippen LogP contribution in [0.15, 0.2) is 34.9 Å². The molecule has 0 N–H and O–H groups in total. The van der Waals surface area contributed by atoms with Gasteiger partial charge < -0.3 is 9.42 Å². The summed E-state index contributed by atoms with van der Waals surface area (Å²) < 4.78 is 44.9. The molecular formula is C20H20FN5O4S. The minimum atomic E-state index is -3.46. The molecule has 2 fully saturated rings. The molecule has 0 aliphatic carbocycles. The van der Waals surface area contributed by atoms with Crippen molar-refractivity contribution in [3.05, 3.63) is 53.4 Å². The number of amides is 1. The van der Waals surface area contributed by atoms with Gasteiger partial charge in [-0.3, -0.25) is 9.48 Å². The van der Waals surface area contributed by atoms with Crippen LogP contribution in [-0.2, 0) is 16.9 Å². The maximum atomic E-state index is 13.2. The zero-order chi connectivity index (χ0) is 22.0. The third-order valence-corrected chi connectivity index (χ3v) is 8.75. The van der Waals surface area contributed by atoms with E-state index in [9.17, 15) is 17.6 Å². The summed E-state index contributed by atoms with van der Waals surface area (Å²) in [7, 11) is -1.77. The lowest BCUT2D eigenvalue weighted by atomic mass is 9.83. The van der Waals surface area contributed by atoms with Crippen LogP contribution in [0.4, 0.5) is 4.39 Å². The van der Waals surface area contributed by atoms with Gasteiger partial charge in [0.1, 0.15) is 16.3 Å². The Hall–Kier alpha value is -3.08. The molecule has 0 bridgehead atoms. The fourth-order valence-corrected chi connectivity index (χ4v) is 6.84. The molecular weight excluding hydrogens is 425 g/mol. The number of carbonyl (C=O) groups is 1. The standard InChI is InChI=1S/C20H20FN5O4S/c1-12-9-16(25(2)23-12)19(27)26-10-20(11-26)15(7-8-31(20,28)29)18-22-17(24-30-18)13-3-5-14(21)6-4-13/h3-6,9,15H,7-8,10-11H2,1-2H3. The summed E-state index contributed by atoms with van der Waals surface area (Å²) in [6, 6.07) is 7.33. The molecule has 11 heteroatoms. The quantitative estimate of drug-likeness (QED) is 0.603. The minimum absolute atomic E-state index is 0.00121. The van der Waals surface area contributed by atoms with Gasteiger partial charge in [0, 0.05) is 25.7 Å². The molecule has 1 aromatic carbocycles. The molecule has 1 unspecified atom stereocenters. The van der Waals surface area contributed by atoms with E-state index in [1.807, 2.05) is 0 Å². The first-order valence-corrected chi connectivity index (χ1v) is 11.5. The number of rotatable bonds is 3. The SMILES string of the molecule is Cc1cc(C(=O)N2CC3(C2)C(c2nc(-c4ccc(F)cc4)no2)CCS3(=O)=O)n(C)n1. The van der Waals surface area contributed by atoms with Crippen LogP contribution in [0.5, 0.6) is 0 Å². The Labute approximate surface area is 177 Å². The van der Waals surface area contributed by atoms with E-state index in [1.54, 1.807) is 20.0 Å². The van der Waals surface area contributed by atoms with Gasteiger partial charge in [0.05, 0.1) is 17.4 Å². The molecule has 1 atom stereocenters. The van der Waals surface area contributed by atoms with Crippen molar-refractivity contribution in [2.45, 2.75) is 24.0 Å². The van der Waals surface area contributed by atoms with E-state index in [1.165, 1.54) is 33.8 Å². The molecule has 1 amide bonds. The van der Waals surface area contributed by atoms with Gasteiger partial charge in [0.15, 0.2) is 9.84 Å². The van der Waals surface area contributed by atoms with Crippen molar-refractivity contribution < 1.29 is 22.1 Å². The summed E-state index contributed by atoms with van der Waals surface area (Å²) in [6.45, 7) is 1.93. The molecule has 3 aromatic rings. The van der Waals surface area contributed by atoms with E-state index in [0.717, 1.165) is 0 Å². The molecule has 2 aliphatic rings. The fourth-order valence-electron chi connectivity index (χ4n) is 4.53. The van der Waals surface area contributed by atoms with Crippen LogP contribution in [0.25, 0.3) is 11.4 Å². The van der Waals surface area contributed by atoms with E-state index in [2.05, 4.69) is 15.2 Å². The number of likely N-dealkylation sites (tertiary alicyclic amines) is 1. The molecule has 2 aliphatic heterocycles. The average molecular weight is 445 g/mol. The maximum Gasteiger partial charge on any atom is 0.272 e. The summed E-state index contributed by atoms with van der Waals surface area (Å²) in [5, 5.41) is 8.14. The van der Waals surface area contributed by atoms with Crippen LogP contribution in [0.1, 0.15) is 34.4 Å². The van der Waals surface area contributed by atoms with Gasteiger partial charge in [0.2, 0.25) is 11.7 Å². The maximum absolute atomic E-state index is 13.2. The fraction of sp³-hybridized carbons (Fsp3) is 0.400. The van der Waals surface area contributed by atoms with E-state index < -0.39 is 20.5 Å². The number of aromatic nitrogens is 4. The third-order valence-electron chi connectivity index (χ3n) is 6.20. The van der Waals surface area contributed by atoms with Crippen LogP contribution < -0.4 is 0 Å². The van der Waals surface area contributed by atoms with Crippen LogP contribution >= 0.6 is 0 Å². The number of halogens is 1. The topological polar surface area (TPSA) is 111 Å². The van der Waals surface area contributed by atoms with Gasteiger partial charge in [-0.05, 0) is 43.7 Å². The van der Waals surface area contributed by atoms with Gasteiger partial charge in [-0.25, -0.2) is 12.8 Å². The largest absolute Gasteiger partial charge is 0.339 e. The minimum Gasteiger partial charge on any atom is -0.339 e. The number of carbonyl (C=O) groups excluding carboxylic acids is 1. The van der Waals surface area contributed by atoms with Crippen molar-refractivity contribution in [1.29, 1.82) is 0 Å². The molecule has 1 spiro atoms. The molecule has 2 aromatic heterocycles. The number of hydrogen-bond donors (Lipinski definition) is 0. The number of sulfone groups is 1. The predicted octanol–water partition coefficient (Wildman–Crippen LogP) is 1.71. The highest BCUT2D eigenvalue weighted by molar-refractivity contribution is 7.93. The van der Waals surface area contributed by atoms with Crippen LogP contribution in [0.2, 0.25) is 0 Å². The van der Waals surface area contributed by atoms with Gasteiger partial charge >= 0.3 is 0 Å². The molecule has 162 valence electrons. The van der Waals surface area contributed by atoms with Gasteiger partial charge in [-0.1, -0.05) is 5.16 Å². The third kappa shape index (κ3) is 2.98. The smallest absolute Gasteiger partial charge is 0.272 e. The number of hydrogen-bond acceptors (Lipinski definition) is 7. The number of benzene rings is 1. The van der Waals surface area contributed by atoms with Crippen molar-refractivity contribution in [3.8, 4) is 11.4 Å². The predicted molar refractivity (Wildman–Crippen MR) is 107 cm³/mol. The number of aryl methyl sites for hydroxylation is 2. The first-order chi connectivity index (χ1) is 14.7. The zero-order valence-electron chi connectivity index (χ0n) is 16.9. The van der Waals surface area contributed by atoms with E-state index in [-0.39, 0.29) is 42.3 Å². The Morgan fingerprint density at radius 1 is 1.26 bits per heavy atom. The Morgan fingerprint density at radius 3 is 2.61 bits per heavy atom. The first kappa shape index (κ1) is 19.9. The summed E-state index contributed by atoms with van der Waals surface area (Å²) in [5.74, 6) is -0.644. The van der Waals surface area contributed by atoms with E-state index in [0.29, 0.717) is 23.4 Å². The van der Waals surface area contributed by atoms with Crippen LogP contribution in [-0.4, -0.2) is 62.7 Å². The first-order valence-electron chi connectivity index (χ1n) is 9.82. The Balaban J connectivity index is 1.42. The second-order valence-corrected chi connectivity index (χ2v) is 10.6. The highest BCUT2D eigenvalue weighted by Gasteiger charge is 2.64. The molecule has 9 nitrogen and oxygen atoms in total. The number of nitrogens with zero attached hydrogens (tertiary/aromatic N) is 5. The second kappa shape index (κ2) is 6.71. The summed E-state index contributed by atoms with van der Waals surface area (Å²) in [5.41, 5.74) is 1.70. The molecule has 0 radical (unpaired) electrons. The van der Waals surface area contributed by atoms with Crippen LogP contribution in [0.3, 0.4) is 0 Å². The summed E-state index contributed by atoms with van der Waals surface area (Å²) >= 11 is 0. The Kier molecular flexibility index (Phi) is 4.30. The van der Waals surface area contributed by atoms with E-state index in [4.69, 9.17) is 4.52 Å². The zero-order valence-corrected chi connectivity index (χ0v) is 17.8. The second-order valence-electron chi connectivity index (χ2n) is 8.14. The molecule has 0 saturated carbocycles. The van der Waals surface area contributed by atoms with Crippen molar-refractivity contribution in [2.75, 3.05) is 18.8 Å². The molecule has 5 rings (SSSR count). The highest BCUT2D eigenvalue weighted by atomic mass is 32.2. The average Bonchev–Trinajstić information content (AvgIpc) is 3.36.